The molecule has 0 aliphatic rings. The molecule has 0 nitrogen and oxygen atoms in total. The van der Waals surface area contributed by atoms with Gasteiger partial charge in [0.25, 0.3) is 0 Å². The van der Waals surface area contributed by atoms with Crippen LogP contribution in [0.3, 0.4) is 0 Å². The van der Waals surface area contributed by atoms with Gasteiger partial charge in [0.15, 0.2) is 0 Å². The molecule has 0 heteroatoms. The molecule has 24 heavy (non-hydrogen) atoms. The topological polar surface area (TPSA) is 0 Å². The van der Waals surface area contributed by atoms with Crippen LogP contribution in [-0.4, -0.2) is 0 Å². The Morgan fingerprint density at radius 3 is 2.08 bits per heavy atom. The highest BCUT2D eigenvalue weighted by Crippen LogP contribution is 2.24. The van der Waals surface area contributed by atoms with Gasteiger partial charge in [0.1, 0.15) is 0 Å². The highest BCUT2D eigenvalue weighted by atomic mass is 14.0. The summed E-state index contributed by atoms with van der Waals surface area (Å²) in [4.78, 5) is 0. The van der Waals surface area contributed by atoms with E-state index >= 15 is 0 Å². The predicted octanol–water partition coefficient (Wildman–Crippen LogP) is 6.78. The highest BCUT2D eigenvalue weighted by Gasteiger charge is 1.99. The van der Waals surface area contributed by atoms with Crippen molar-refractivity contribution in [1.29, 1.82) is 0 Å². The fourth-order valence-corrected chi connectivity index (χ4v) is 3.19. The van der Waals surface area contributed by atoms with Crippen molar-refractivity contribution in [3.05, 3.63) is 95.1 Å². The van der Waals surface area contributed by atoms with E-state index in [0.29, 0.717) is 0 Å². The van der Waals surface area contributed by atoms with Crippen LogP contribution in [0.1, 0.15) is 22.3 Å². The van der Waals surface area contributed by atoms with Crippen LogP contribution >= 0.6 is 0 Å². The second-order valence-corrected chi connectivity index (χ2v) is 6.50. The van der Waals surface area contributed by atoms with Crippen LogP contribution in [0.4, 0.5) is 0 Å². The van der Waals surface area contributed by atoms with Crippen molar-refractivity contribution >= 4 is 33.7 Å². The zero-order valence-corrected chi connectivity index (χ0v) is 14.1. The van der Waals surface area contributed by atoms with Crippen LogP contribution < -0.4 is 0 Å². The molecule has 116 valence electrons. The van der Waals surface area contributed by atoms with E-state index in [2.05, 4.69) is 98.8 Å². The number of fused-ring (bicyclic) bond motifs is 2. The molecule has 0 heterocycles. The van der Waals surface area contributed by atoms with Crippen molar-refractivity contribution in [3.8, 4) is 0 Å². The van der Waals surface area contributed by atoms with Gasteiger partial charge in [0, 0.05) is 0 Å². The van der Waals surface area contributed by atoms with Crippen LogP contribution in [0.5, 0.6) is 0 Å². The molecule has 0 radical (unpaired) electrons. The van der Waals surface area contributed by atoms with Crippen molar-refractivity contribution in [1.82, 2.24) is 0 Å². The summed E-state index contributed by atoms with van der Waals surface area (Å²) >= 11 is 0. The number of aryl methyl sites for hydroxylation is 2. The van der Waals surface area contributed by atoms with E-state index in [1.165, 1.54) is 43.8 Å². The van der Waals surface area contributed by atoms with Gasteiger partial charge in [-0.3, -0.25) is 0 Å². The van der Waals surface area contributed by atoms with Crippen LogP contribution in [0, 0.1) is 13.8 Å². The predicted molar refractivity (Wildman–Crippen MR) is 106 cm³/mol. The summed E-state index contributed by atoms with van der Waals surface area (Å²) in [6, 6.07) is 26.3. The number of benzene rings is 4. The average molecular weight is 308 g/mol. The van der Waals surface area contributed by atoms with Crippen LogP contribution in [0.15, 0.2) is 72.8 Å². The van der Waals surface area contributed by atoms with E-state index in [-0.39, 0.29) is 0 Å². The average Bonchev–Trinajstić information content (AvgIpc) is 2.60. The minimum Gasteiger partial charge on any atom is -0.0616 e. The van der Waals surface area contributed by atoms with Gasteiger partial charge >= 0.3 is 0 Å². The molecule has 0 spiro atoms. The van der Waals surface area contributed by atoms with Gasteiger partial charge in [0.2, 0.25) is 0 Å². The Morgan fingerprint density at radius 2 is 1.29 bits per heavy atom. The molecule has 0 aromatic heterocycles. The lowest BCUT2D eigenvalue weighted by molar-refractivity contribution is 1.38. The van der Waals surface area contributed by atoms with Gasteiger partial charge in [-0.05, 0) is 70.3 Å². The first-order valence-electron chi connectivity index (χ1n) is 8.37. The minimum atomic E-state index is 1.23. The molecule has 0 aliphatic heterocycles. The Bertz CT molecular complexity index is 1070. The van der Waals surface area contributed by atoms with E-state index in [1.54, 1.807) is 0 Å². The van der Waals surface area contributed by atoms with Crippen molar-refractivity contribution in [2.75, 3.05) is 0 Å². The third-order valence-electron chi connectivity index (χ3n) is 4.62. The van der Waals surface area contributed by atoms with Gasteiger partial charge < -0.3 is 0 Å². The standard InChI is InChI=1S/C24H20/c1-17-7-8-18(2)20(13-17)11-9-19-10-12-23-15-21-5-3-4-6-22(21)16-24(23)14-19/h3-16H,1-2H3/b11-9+. The second kappa shape index (κ2) is 5.98. The molecule has 4 rings (SSSR count). The smallest absolute Gasteiger partial charge is 0.0172 e. The van der Waals surface area contributed by atoms with Crippen LogP contribution in [0.25, 0.3) is 33.7 Å². The fourth-order valence-electron chi connectivity index (χ4n) is 3.19. The third kappa shape index (κ3) is 2.83. The largest absolute Gasteiger partial charge is 0.0616 e. The molecule has 0 aliphatic carbocycles. The summed E-state index contributed by atoms with van der Waals surface area (Å²) in [6.45, 7) is 4.30. The van der Waals surface area contributed by atoms with E-state index in [1.807, 2.05) is 0 Å². The van der Waals surface area contributed by atoms with Gasteiger partial charge in [-0.1, -0.05) is 72.3 Å². The summed E-state index contributed by atoms with van der Waals surface area (Å²) in [6.07, 6.45) is 4.42. The fraction of sp³-hybridized carbons (Fsp3) is 0.0833. The summed E-state index contributed by atoms with van der Waals surface area (Å²) in [5, 5.41) is 5.17. The molecular weight excluding hydrogens is 288 g/mol. The van der Waals surface area contributed by atoms with E-state index in [9.17, 15) is 0 Å². The number of rotatable bonds is 2. The maximum Gasteiger partial charge on any atom is -0.0172 e. The normalized spacial score (nSPS) is 11.6. The Hall–Kier alpha value is -2.86. The summed E-state index contributed by atoms with van der Waals surface area (Å²) in [5.74, 6) is 0. The maximum absolute atomic E-state index is 2.28. The van der Waals surface area contributed by atoms with Crippen LogP contribution in [0.2, 0.25) is 0 Å². The highest BCUT2D eigenvalue weighted by molar-refractivity contribution is 5.99. The molecule has 0 saturated carbocycles. The molecule has 0 bridgehead atoms. The molecule has 0 N–H and O–H groups in total. The first-order valence-corrected chi connectivity index (χ1v) is 8.37. The van der Waals surface area contributed by atoms with Gasteiger partial charge in [-0.15, -0.1) is 0 Å². The van der Waals surface area contributed by atoms with Crippen molar-refractivity contribution in [3.63, 3.8) is 0 Å². The summed E-state index contributed by atoms with van der Waals surface area (Å²) in [5.41, 5.74) is 5.13. The van der Waals surface area contributed by atoms with Crippen molar-refractivity contribution in [2.45, 2.75) is 13.8 Å². The van der Waals surface area contributed by atoms with Gasteiger partial charge in [0.05, 0.1) is 0 Å². The number of hydrogen-bond acceptors (Lipinski definition) is 0. The second-order valence-electron chi connectivity index (χ2n) is 6.50. The van der Waals surface area contributed by atoms with Crippen molar-refractivity contribution < 1.29 is 0 Å². The van der Waals surface area contributed by atoms with E-state index in [4.69, 9.17) is 0 Å². The Balaban J connectivity index is 1.75. The van der Waals surface area contributed by atoms with Gasteiger partial charge in [-0.25, -0.2) is 0 Å². The third-order valence-corrected chi connectivity index (χ3v) is 4.62. The zero-order chi connectivity index (χ0) is 16.5. The minimum absolute atomic E-state index is 1.23. The molecule has 0 fully saturated rings. The molecule has 0 unspecified atom stereocenters. The lowest BCUT2D eigenvalue weighted by Gasteiger charge is -2.04. The maximum atomic E-state index is 2.28. The van der Waals surface area contributed by atoms with E-state index < -0.39 is 0 Å². The Morgan fingerprint density at radius 1 is 0.583 bits per heavy atom. The summed E-state index contributed by atoms with van der Waals surface area (Å²) in [7, 11) is 0. The monoisotopic (exact) mass is 308 g/mol. The zero-order valence-electron chi connectivity index (χ0n) is 14.1. The van der Waals surface area contributed by atoms with Crippen LogP contribution in [-0.2, 0) is 0 Å². The molecule has 0 atom stereocenters. The quantitative estimate of drug-likeness (QED) is 0.283. The van der Waals surface area contributed by atoms with Crippen molar-refractivity contribution in [2.24, 2.45) is 0 Å². The molecule has 0 amide bonds. The first kappa shape index (κ1) is 14.7. The summed E-state index contributed by atoms with van der Waals surface area (Å²) < 4.78 is 0. The Kier molecular flexibility index (Phi) is 3.66. The SMILES string of the molecule is Cc1ccc(C)c(/C=C/c2ccc3cc4ccccc4cc3c2)c1. The lowest BCUT2D eigenvalue weighted by atomic mass is 10.0. The van der Waals surface area contributed by atoms with E-state index in [0.717, 1.165) is 0 Å². The lowest BCUT2D eigenvalue weighted by Crippen LogP contribution is -1.82. The molecular formula is C24H20. The van der Waals surface area contributed by atoms with Gasteiger partial charge in [-0.2, -0.15) is 0 Å². The Labute approximate surface area is 143 Å². The first-order chi connectivity index (χ1) is 11.7. The molecule has 4 aromatic rings. The molecule has 4 aromatic carbocycles. The number of hydrogen-bond donors (Lipinski definition) is 0. The molecule has 0 saturated heterocycles.